The zero-order valence-corrected chi connectivity index (χ0v) is 16.7. The number of carbonyl (C=O) groups is 1. The Morgan fingerprint density at radius 1 is 1.33 bits per heavy atom. The topological polar surface area (TPSA) is 83.3 Å². The predicted molar refractivity (Wildman–Crippen MR) is 106 cm³/mol. The maximum absolute atomic E-state index is 12.8. The van der Waals surface area contributed by atoms with Gasteiger partial charge in [-0.05, 0) is 45.3 Å². The van der Waals surface area contributed by atoms with Crippen LogP contribution in [0.2, 0.25) is 0 Å². The molecule has 7 nitrogen and oxygen atoms in total. The number of aromatic nitrogens is 3. The summed E-state index contributed by atoms with van der Waals surface area (Å²) in [6.45, 7) is 6.55. The Kier molecular flexibility index (Phi) is 7.77. The first-order valence-corrected chi connectivity index (χ1v) is 9.25. The monoisotopic (exact) mass is 393 g/mol. The minimum atomic E-state index is -0.723. The lowest BCUT2D eigenvalue weighted by Gasteiger charge is -2.23. The highest BCUT2D eigenvalue weighted by Crippen LogP contribution is 2.19. The van der Waals surface area contributed by atoms with E-state index in [0.29, 0.717) is 18.3 Å². The smallest absolute Gasteiger partial charge is 0.276 e. The number of aliphatic hydroxyl groups is 1. The standard InChI is InChI=1S/C19H27N5O2.ClH/c1-3-23(13-18(25)15-6-4-14(2)5-7-15)19(26)17-12-24(22-21-17)16-8-10-20-11-9-16;/h4-7,12,16,18,20,25H,3,8-11,13H2,1-2H3;1H. The number of hydrogen-bond donors (Lipinski definition) is 2. The third kappa shape index (κ3) is 5.28. The van der Waals surface area contributed by atoms with Crippen molar-refractivity contribution in [2.75, 3.05) is 26.2 Å². The van der Waals surface area contributed by atoms with Gasteiger partial charge in [0.1, 0.15) is 0 Å². The van der Waals surface area contributed by atoms with Gasteiger partial charge in [-0.3, -0.25) is 4.79 Å². The third-order valence-electron chi connectivity index (χ3n) is 4.94. The van der Waals surface area contributed by atoms with Gasteiger partial charge in [-0.1, -0.05) is 35.0 Å². The van der Waals surface area contributed by atoms with Gasteiger partial charge >= 0.3 is 0 Å². The minimum Gasteiger partial charge on any atom is -0.387 e. The predicted octanol–water partition coefficient (Wildman–Crippen LogP) is 2.13. The Labute approximate surface area is 166 Å². The van der Waals surface area contributed by atoms with Crippen LogP contribution in [0.3, 0.4) is 0 Å². The van der Waals surface area contributed by atoms with Gasteiger partial charge in [0.15, 0.2) is 5.69 Å². The average molecular weight is 394 g/mol. The number of piperidine rings is 1. The highest BCUT2D eigenvalue weighted by atomic mass is 35.5. The van der Waals surface area contributed by atoms with Gasteiger partial charge in [0, 0.05) is 6.54 Å². The van der Waals surface area contributed by atoms with E-state index in [2.05, 4.69) is 15.6 Å². The molecule has 8 heteroatoms. The molecular formula is C19H28ClN5O2. The lowest BCUT2D eigenvalue weighted by Crippen LogP contribution is -2.35. The van der Waals surface area contributed by atoms with Crippen LogP contribution in [0.5, 0.6) is 0 Å². The van der Waals surface area contributed by atoms with Crippen LogP contribution < -0.4 is 5.32 Å². The summed E-state index contributed by atoms with van der Waals surface area (Å²) in [6, 6.07) is 8.00. The number of likely N-dealkylation sites (N-methyl/N-ethyl adjacent to an activating group) is 1. The highest BCUT2D eigenvalue weighted by molar-refractivity contribution is 5.91. The summed E-state index contributed by atoms with van der Waals surface area (Å²) < 4.78 is 1.80. The van der Waals surface area contributed by atoms with Crippen molar-refractivity contribution >= 4 is 18.3 Å². The Morgan fingerprint density at radius 3 is 2.63 bits per heavy atom. The molecule has 0 bridgehead atoms. The molecule has 1 aliphatic rings. The Morgan fingerprint density at radius 2 is 2.00 bits per heavy atom. The zero-order chi connectivity index (χ0) is 18.5. The summed E-state index contributed by atoms with van der Waals surface area (Å²) in [5.41, 5.74) is 2.28. The second-order valence-electron chi connectivity index (χ2n) is 6.84. The molecule has 0 radical (unpaired) electrons. The molecule has 1 unspecified atom stereocenters. The highest BCUT2D eigenvalue weighted by Gasteiger charge is 2.23. The van der Waals surface area contributed by atoms with Crippen molar-refractivity contribution in [2.45, 2.75) is 38.8 Å². The third-order valence-corrected chi connectivity index (χ3v) is 4.94. The molecule has 1 fully saturated rings. The SMILES string of the molecule is CCN(CC(O)c1ccc(C)cc1)C(=O)c1cn(C2CCNCC2)nn1.Cl. The molecule has 0 saturated carbocycles. The Balaban J connectivity index is 0.00000261. The fraction of sp³-hybridized carbons (Fsp3) is 0.526. The molecule has 1 amide bonds. The van der Waals surface area contributed by atoms with E-state index in [1.807, 2.05) is 38.1 Å². The van der Waals surface area contributed by atoms with Crippen LogP contribution in [0.1, 0.15) is 53.5 Å². The average Bonchev–Trinajstić information content (AvgIpc) is 3.17. The first-order valence-electron chi connectivity index (χ1n) is 9.25. The molecule has 1 atom stereocenters. The summed E-state index contributed by atoms with van der Waals surface area (Å²) >= 11 is 0. The van der Waals surface area contributed by atoms with Gasteiger partial charge in [0.05, 0.1) is 24.9 Å². The number of aliphatic hydroxyl groups excluding tert-OH is 1. The Bertz CT molecular complexity index is 728. The number of benzene rings is 1. The van der Waals surface area contributed by atoms with Crippen LogP contribution in [-0.4, -0.2) is 57.1 Å². The van der Waals surface area contributed by atoms with Crippen LogP contribution in [0.25, 0.3) is 0 Å². The summed E-state index contributed by atoms with van der Waals surface area (Å²) in [4.78, 5) is 14.4. The fourth-order valence-electron chi connectivity index (χ4n) is 3.24. The number of carbonyl (C=O) groups excluding carboxylic acids is 1. The normalized spacial score (nSPS) is 15.8. The molecule has 2 N–H and O–H groups in total. The molecular weight excluding hydrogens is 366 g/mol. The summed E-state index contributed by atoms with van der Waals surface area (Å²) in [7, 11) is 0. The number of halogens is 1. The molecule has 148 valence electrons. The summed E-state index contributed by atoms with van der Waals surface area (Å²) in [5, 5.41) is 22.0. The van der Waals surface area contributed by atoms with Gasteiger partial charge in [-0.25, -0.2) is 4.68 Å². The zero-order valence-electron chi connectivity index (χ0n) is 15.8. The van der Waals surface area contributed by atoms with Crippen molar-refractivity contribution in [1.29, 1.82) is 0 Å². The molecule has 3 rings (SSSR count). The van der Waals surface area contributed by atoms with E-state index in [-0.39, 0.29) is 24.9 Å². The van der Waals surface area contributed by atoms with Crippen LogP contribution in [0, 0.1) is 6.92 Å². The molecule has 27 heavy (non-hydrogen) atoms. The molecule has 0 aliphatic carbocycles. The molecule has 2 aromatic rings. The number of amides is 1. The molecule has 1 aromatic carbocycles. The maximum atomic E-state index is 12.8. The number of nitrogens with zero attached hydrogens (tertiary/aromatic N) is 4. The number of rotatable bonds is 6. The second kappa shape index (κ2) is 9.82. The van der Waals surface area contributed by atoms with E-state index in [4.69, 9.17) is 0 Å². The minimum absolute atomic E-state index is 0. The first-order chi connectivity index (χ1) is 12.6. The Hall–Kier alpha value is -1.96. The van der Waals surface area contributed by atoms with Gasteiger partial charge in [-0.2, -0.15) is 0 Å². The first kappa shape index (κ1) is 21.3. The van der Waals surface area contributed by atoms with Gasteiger partial charge in [0.2, 0.25) is 0 Å². The lowest BCUT2D eigenvalue weighted by molar-refractivity contribution is 0.0629. The fourth-order valence-corrected chi connectivity index (χ4v) is 3.24. The second-order valence-corrected chi connectivity index (χ2v) is 6.84. The van der Waals surface area contributed by atoms with Crippen LogP contribution >= 0.6 is 12.4 Å². The van der Waals surface area contributed by atoms with Crippen molar-refractivity contribution in [1.82, 2.24) is 25.2 Å². The van der Waals surface area contributed by atoms with Crippen molar-refractivity contribution in [3.05, 3.63) is 47.3 Å². The number of aryl methyl sites for hydroxylation is 1. The van der Waals surface area contributed by atoms with Crippen molar-refractivity contribution < 1.29 is 9.90 Å². The maximum Gasteiger partial charge on any atom is 0.276 e. The van der Waals surface area contributed by atoms with Crippen molar-refractivity contribution in [2.24, 2.45) is 0 Å². The van der Waals surface area contributed by atoms with E-state index in [1.165, 1.54) is 0 Å². The van der Waals surface area contributed by atoms with E-state index >= 15 is 0 Å². The van der Waals surface area contributed by atoms with Crippen LogP contribution in [0.15, 0.2) is 30.5 Å². The molecule has 1 saturated heterocycles. The van der Waals surface area contributed by atoms with E-state index in [0.717, 1.165) is 37.1 Å². The van der Waals surface area contributed by atoms with E-state index in [9.17, 15) is 9.90 Å². The van der Waals surface area contributed by atoms with E-state index < -0.39 is 6.10 Å². The molecule has 1 aliphatic heterocycles. The number of hydrogen-bond acceptors (Lipinski definition) is 5. The van der Waals surface area contributed by atoms with Crippen LogP contribution in [0.4, 0.5) is 0 Å². The molecule has 1 aromatic heterocycles. The lowest BCUT2D eigenvalue weighted by atomic mass is 10.1. The number of nitrogens with one attached hydrogen (secondary N) is 1. The van der Waals surface area contributed by atoms with Gasteiger partial charge in [0.25, 0.3) is 5.91 Å². The summed E-state index contributed by atoms with van der Waals surface area (Å²) in [6.07, 6.45) is 2.99. The van der Waals surface area contributed by atoms with Crippen molar-refractivity contribution in [3.8, 4) is 0 Å². The van der Waals surface area contributed by atoms with Gasteiger partial charge < -0.3 is 15.3 Å². The van der Waals surface area contributed by atoms with Gasteiger partial charge in [-0.15, -0.1) is 17.5 Å². The molecule has 2 heterocycles. The largest absolute Gasteiger partial charge is 0.387 e. The quantitative estimate of drug-likeness (QED) is 0.785. The summed E-state index contributed by atoms with van der Waals surface area (Å²) in [5.74, 6) is -0.196. The molecule has 0 spiro atoms. The van der Waals surface area contributed by atoms with Crippen molar-refractivity contribution in [3.63, 3.8) is 0 Å². The van der Waals surface area contributed by atoms with Crippen LogP contribution in [-0.2, 0) is 0 Å². The van der Waals surface area contributed by atoms with E-state index in [1.54, 1.807) is 15.8 Å².